The summed E-state index contributed by atoms with van der Waals surface area (Å²) < 4.78 is 17.6. The number of hydrogen-bond acceptors (Lipinski definition) is 8. The molecule has 3 saturated carbocycles. The number of cyclic esters (lactones) is 1. The summed E-state index contributed by atoms with van der Waals surface area (Å²) in [6, 6.07) is 8.36. The van der Waals surface area contributed by atoms with E-state index in [4.69, 9.17) is 14.2 Å². The molecule has 1 aliphatic heterocycles. The van der Waals surface area contributed by atoms with E-state index in [9.17, 15) is 24.0 Å². The summed E-state index contributed by atoms with van der Waals surface area (Å²) in [5.74, 6) is -4.40. The molecule has 0 radical (unpaired) electrons. The minimum absolute atomic E-state index is 0.160. The van der Waals surface area contributed by atoms with Gasteiger partial charge in [-0.25, -0.2) is 4.79 Å². The lowest BCUT2D eigenvalue weighted by atomic mass is 9.43. The molecule has 0 aromatic heterocycles. The van der Waals surface area contributed by atoms with Gasteiger partial charge in [0.1, 0.15) is 25.1 Å². The summed E-state index contributed by atoms with van der Waals surface area (Å²) in [4.78, 5) is 65.9. The minimum atomic E-state index is -1.85. The predicted molar refractivity (Wildman–Crippen MR) is 130 cm³/mol. The molecular weight excluding hydrogens is 476 g/mol. The molecule has 1 aromatic carbocycles. The van der Waals surface area contributed by atoms with Gasteiger partial charge in [-0.2, -0.15) is 0 Å². The van der Waals surface area contributed by atoms with Gasteiger partial charge in [0.05, 0.1) is 11.0 Å². The molecule has 0 amide bonds. The summed E-state index contributed by atoms with van der Waals surface area (Å²) in [7, 11) is 0. The molecule has 5 rings (SSSR count). The number of hydrogen-bond donors (Lipinski definition) is 0. The molecule has 1 saturated heterocycles. The second-order valence-corrected chi connectivity index (χ2v) is 11.6. The van der Waals surface area contributed by atoms with Gasteiger partial charge in [-0.1, -0.05) is 38.6 Å². The molecule has 0 unspecified atom stereocenters. The van der Waals surface area contributed by atoms with Crippen molar-refractivity contribution in [1.29, 1.82) is 0 Å². The summed E-state index contributed by atoms with van der Waals surface area (Å²) in [5, 5.41) is 0. The Hall–Kier alpha value is -3.29. The van der Waals surface area contributed by atoms with E-state index in [2.05, 4.69) is 6.58 Å². The van der Waals surface area contributed by atoms with E-state index < -0.39 is 69.9 Å². The smallest absolute Gasteiger partial charge is 0.338 e. The third-order valence-electron chi connectivity index (χ3n) is 9.44. The normalized spacial score (nSPS) is 37.9. The lowest BCUT2D eigenvalue weighted by Crippen LogP contribution is -2.71. The molecule has 4 fully saturated rings. The highest BCUT2D eigenvalue weighted by atomic mass is 16.6. The van der Waals surface area contributed by atoms with Crippen molar-refractivity contribution in [2.45, 2.75) is 58.7 Å². The fraction of sp³-hybridized carbons (Fsp3) is 0.552. The van der Waals surface area contributed by atoms with Crippen molar-refractivity contribution < 1.29 is 38.2 Å². The Morgan fingerprint density at radius 3 is 2.43 bits per heavy atom. The molecule has 7 atom stereocenters. The summed E-state index contributed by atoms with van der Waals surface area (Å²) >= 11 is 0. The first kappa shape index (κ1) is 25.4. The zero-order chi connectivity index (χ0) is 26.8. The van der Waals surface area contributed by atoms with E-state index in [0.717, 1.165) is 6.29 Å². The molecule has 1 heterocycles. The van der Waals surface area contributed by atoms with Gasteiger partial charge in [-0.15, -0.1) is 0 Å². The number of ether oxygens (including phenoxy) is 3. The van der Waals surface area contributed by atoms with Crippen LogP contribution in [0.3, 0.4) is 0 Å². The van der Waals surface area contributed by atoms with Crippen LogP contribution in [0.1, 0.15) is 56.8 Å². The fourth-order valence-electron chi connectivity index (χ4n) is 7.87. The van der Waals surface area contributed by atoms with Gasteiger partial charge < -0.3 is 19.0 Å². The second-order valence-electron chi connectivity index (χ2n) is 11.6. The number of carbonyl (C=O) groups is 5. The minimum Gasteiger partial charge on any atom is -0.464 e. The number of ketones is 1. The maximum Gasteiger partial charge on any atom is 0.338 e. The van der Waals surface area contributed by atoms with Crippen LogP contribution in [-0.2, 0) is 33.4 Å². The van der Waals surface area contributed by atoms with Crippen molar-refractivity contribution in [2.75, 3.05) is 6.61 Å². The molecule has 1 aromatic rings. The zero-order valence-electron chi connectivity index (χ0n) is 21.4. The molecule has 3 aliphatic carbocycles. The third-order valence-corrected chi connectivity index (χ3v) is 9.44. The van der Waals surface area contributed by atoms with Crippen molar-refractivity contribution in [1.82, 2.24) is 0 Å². The van der Waals surface area contributed by atoms with Crippen LogP contribution in [0, 0.1) is 34.0 Å². The van der Waals surface area contributed by atoms with E-state index >= 15 is 0 Å². The highest BCUT2D eigenvalue weighted by Crippen LogP contribution is 2.68. The van der Waals surface area contributed by atoms with Crippen molar-refractivity contribution in [3.8, 4) is 0 Å². The number of esters is 3. The Morgan fingerprint density at radius 2 is 1.78 bits per heavy atom. The van der Waals surface area contributed by atoms with Gasteiger partial charge in [0.15, 0.2) is 11.2 Å². The molecule has 37 heavy (non-hydrogen) atoms. The molecule has 8 nitrogen and oxygen atoms in total. The van der Waals surface area contributed by atoms with Crippen LogP contribution in [0.5, 0.6) is 0 Å². The van der Waals surface area contributed by atoms with Crippen LogP contribution in [0.2, 0.25) is 0 Å². The largest absolute Gasteiger partial charge is 0.464 e. The maximum atomic E-state index is 14.0. The standard InChI is InChI=1S/C29H32O8/c1-16-19-10-11-20-28(21(14-30)27(3,4)13-12-22(28)36-17(2)31)15-35-26(34)29(20,23(16)32)24(19)37-25(33)18-8-6-5-7-9-18/h5-9,14,19-22,24H,1,10-13,15H2,2-4H3/t19-,20+,21-,22+,24-,28+,29+/m1/s1. The topological polar surface area (TPSA) is 113 Å². The van der Waals surface area contributed by atoms with E-state index in [1.807, 2.05) is 13.8 Å². The van der Waals surface area contributed by atoms with Gasteiger partial charge in [0.25, 0.3) is 0 Å². The van der Waals surface area contributed by atoms with Gasteiger partial charge >= 0.3 is 17.9 Å². The van der Waals surface area contributed by atoms with Gasteiger partial charge in [0.2, 0.25) is 0 Å². The van der Waals surface area contributed by atoms with E-state index in [1.54, 1.807) is 30.3 Å². The first-order valence-electron chi connectivity index (χ1n) is 12.8. The summed E-state index contributed by atoms with van der Waals surface area (Å²) in [6.45, 7) is 9.07. The quantitative estimate of drug-likeness (QED) is 0.200. The van der Waals surface area contributed by atoms with Crippen molar-refractivity contribution in [3.63, 3.8) is 0 Å². The van der Waals surface area contributed by atoms with Crippen LogP contribution in [0.15, 0.2) is 42.5 Å². The summed E-state index contributed by atoms with van der Waals surface area (Å²) in [6.07, 6.45) is 0.895. The second kappa shape index (κ2) is 8.64. The molecule has 8 heteroatoms. The van der Waals surface area contributed by atoms with Gasteiger partial charge in [0, 0.05) is 18.8 Å². The maximum absolute atomic E-state index is 14.0. The Bertz CT molecular complexity index is 1190. The zero-order valence-corrected chi connectivity index (χ0v) is 21.4. The number of rotatable bonds is 4. The Morgan fingerprint density at radius 1 is 1.08 bits per heavy atom. The SMILES string of the molecule is C=C1C(=O)[C@@]23C(=O)OC[C@]4([C@@H](OC(C)=O)CCC(C)(C)[C@H]4C=O)[C@@H]2CC[C@H]1[C@H]3OC(=O)c1ccccc1. The fourth-order valence-corrected chi connectivity index (χ4v) is 7.87. The van der Waals surface area contributed by atoms with Crippen molar-refractivity contribution in [3.05, 3.63) is 48.0 Å². The number of benzene rings is 1. The van der Waals surface area contributed by atoms with E-state index in [1.165, 1.54) is 6.92 Å². The first-order chi connectivity index (χ1) is 17.5. The Labute approximate surface area is 215 Å². The highest BCUT2D eigenvalue weighted by molar-refractivity contribution is 6.16. The Kier molecular flexibility index (Phi) is 5.92. The molecule has 2 bridgehead atoms. The van der Waals surface area contributed by atoms with Crippen molar-refractivity contribution >= 4 is 30.0 Å². The lowest BCUT2D eigenvalue weighted by molar-refractivity contribution is -0.250. The molecule has 0 N–H and O–H groups in total. The molecule has 4 aliphatic rings. The van der Waals surface area contributed by atoms with Crippen molar-refractivity contribution in [2.24, 2.45) is 34.0 Å². The number of Topliss-reactive ketones (excluding diaryl/α,β-unsaturated/α-hetero) is 1. The highest BCUT2D eigenvalue weighted by Gasteiger charge is 2.79. The summed E-state index contributed by atoms with van der Waals surface area (Å²) in [5.41, 5.74) is -2.99. The first-order valence-corrected chi connectivity index (χ1v) is 12.8. The number of aldehydes is 1. The average molecular weight is 509 g/mol. The van der Waals surface area contributed by atoms with E-state index in [-0.39, 0.29) is 12.2 Å². The van der Waals surface area contributed by atoms with Gasteiger partial charge in [-0.05, 0) is 54.7 Å². The average Bonchev–Trinajstić information content (AvgIpc) is 2.98. The molecule has 2 spiro atoms. The van der Waals surface area contributed by atoms with Crippen LogP contribution in [0.25, 0.3) is 0 Å². The van der Waals surface area contributed by atoms with Gasteiger partial charge in [-0.3, -0.25) is 14.4 Å². The predicted octanol–water partition coefficient (Wildman–Crippen LogP) is 3.47. The number of fused-ring (bicyclic) bond motifs is 2. The van der Waals surface area contributed by atoms with Crippen LogP contribution in [-0.4, -0.2) is 48.8 Å². The third kappa shape index (κ3) is 3.37. The Balaban J connectivity index is 1.68. The van der Waals surface area contributed by atoms with E-state index in [0.29, 0.717) is 31.2 Å². The molecule has 196 valence electrons. The van der Waals surface area contributed by atoms with Crippen LogP contribution < -0.4 is 0 Å². The molecular formula is C29H32O8. The number of carbonyl (C=O) groups excluding carboxylic acids is 5. The van der Waals surface area contributed by atoms with Crippen LogP contribution >= 0.6 is 0 Å². The monoisotopic (exact) mass is 508 g/mol. The van der Waals surface area contributed by atoms with Crippen LogP contribution in [0.4, 0.5) is 0 Å². The lowest BCUT2D eigenvalue weighted by Gasteiger charge is -2.62.